The van der Waals surface area contributed by atoms with Crippen molar-refractivity contribution in [1.82, 2.24) is 10.3 Å². The SMILES string of the molecule is OCc1cc(C(F)(F)F)cnc1N1CCNCC1. The number of hydrogen-bond acceptors (Lipinski definition) is 4. The Hall–Kier alpha value is -1.34. The van der Waals surface area contributed by atoms with Crippen LogP contribution in [0.3, 0.4) is 0 Å². The maximum Gasteiger partial charge on any atom is 0.417 e. The Morgan fingerprint density at radius 2 is 2.00 bits per heavy atom. The second kappa shape index (κ2) is 5.11. The van der Waals surface area contributed by atoms with Crippen LogP contribution in [0.5, 0.6) is 0 Å². The van der Waals surface area contributed by atoms with Crippen molar-refractivity contribution >= 4 is 5.82 Å². The molecule has 18 heavy (non-hydrogen) atoms. The predicted octanol–water partition coefficient (Wildman–Crippen LogP) is 1.00. The zero-order valence-electron chi connectivity index (χ0n) is 9.67. The van der Waals surface area contributed by atoms with E-state index in [-0.39, 0.29) is 5.56 Å². The number of aliphatic hydroxyl groups is 1. The Labute approximate surface area is 102 Å². The van der Waals surface area contributed by atoms with Crippen LogP contribution in [0.25, 0.3) is 0 Å². The summed E-state index contributed by atoms with van der Waals surface area (Å²) in [5.41, 5.74) is -0.614. The summed E-state index contributed by atoms with van der Waals surface area (Å²) in [4.78, 5) is 5.73. The molecule has 1 aromatic heterocycles. The van der Waals surface area contributed by atoms with Gasteiger partial charge in [-0.15, -0.1) is 0 Å². The Bertz CT molecular complexity index is 416. The highest BCUT2D eigenvalue weighted by Crippen LogP contribution is 2.31. The lowest BCUT2D eigenvalue weighted by Gasteiger charge is -2.30. The quantitative estimate of drug-likeness (QED) is 0.834. The number of aromatic nitrogens is 1. The van der Waals surface area contributed by atoms with Gasteiger partial charge in [0, 0.05) is 37.9 Å². The molecule has 1 fully saturated rings. The van der Waals surface area contributed by atoms with Crippen molar-refractivity contribution in [3.05, 3.63) is 23.4 Å². The summed E-state index contributed by atoms with van der Waals surface area (Å²) in [6, 6.07) is 0.963. The van der Waals surface area contributed by atoms with Crippen LogP contribution in [-0.4, -0.2) is 36.3 Å². The fraction of sp³-hybridized carbons (Fsp3) is 0.545. The van der Waals surface area contributed by atoms with Crippen LogP contribution in [0, 0.1) is 0 Å². The van der Waals surface area contributed by atoms with E-state index in [9.17, 15) is 18.3 Å². The highest BCUT2D eigenvalue weighted by molar-refractivity contribution is 5.48. The van der Waals surface area contributed by atoms with Gasteiger partial charge in [0.15, 0.2) is 0 Å². The summed E-state index contributed by atoms with van der Waals surface area (Å²) in [6.45, 7) is 2.41. The van der Waals surface area contributed by atoms with Crippen molar-refractivity contribution < 1.29 is 18.3 Å². The molecular formula is C11H14F3N3O. The molecule has 4 nitrogen and oxygen atoms in total. The van der Waals surface area contributed by atoms with Crippen LogP contribution < -0.4 is 10.2 Å². The Morgan fingerprint density at radius 3 is 2.56 bits per heavy atom. The minimum atomic E-state index is -4.43. The fourth-order valence-electron chi connectivity index (χ4n) is 1.94. The van der Waals surface area contributed by atoms with Crippen LogP contribution in [0.1, 0.15) is 11.1 Å². The standard InChI is InChI=1S/C11H14F3N3O/c12-11(13,14)9-5-8(7-18)10(16-6-9)17-3-1-15-2-4-17/h5-6,15,18H,1-4,7H2. The minimum Gasteiger partial charge on any atom is -0.392 e. The number of aliphatic hydroxyl groups excluding tert-OH is 1. The van der Waals surface area contributed by atoms with Crippen LogP contribution in [0.4, 0.5) is 19.0 Å². The van der Waals surface area contributed by atoms with E-state index in [1.165, 1.54) is 0 Å². The molecule has 2 rings (SSSR count). The van der Waals surface area contributed by atoms with Gasteiger partial charge in [0.1, 0.15) is 5.82 Å². The van der Waals surface area contributed by atoms with E-state index in [1.54, 1.807) is 0 Å². The summed E-state index contributed by atoms with van der Waals surface area (Å²) < 4.78 is 37.6. The van der Waals surface area contributed by atoms with Gasteiger partial charge in [0.2, 0.25) is 0 Å². The topological polar surface area (TPSA) is 48.4 Å². The zero-order valence-corrected chi connectivity index (χ0v) is 9.67. The number of anilines is 1. The zero-order chi connectivity index (χ0) is 13.2. The van der Waals surface area contributed by atoms with E-state index < -0.39 is 18.3 Å². The molecule has 0 atom stereocenters. The fourth-order valence-corrected chi connectivity index (χ4v) is 1.94. The normalized spacial score (nSPS) is 17.0. The largest absolute Gasteiger partial charge is 0.417 e. The van der Waals surface area contributed by atoms with Crippen LogP contribution in [-0.2, 0) is 12.8 Å². The van der Waals surface area contributed by atoms with E-state index in [1.807, 2.05) is 4.90 Å². The van der Waals surface area contributed by atoms with Crippen LogP contribution in [0.2, 0.25) is 0 Å². The smallest absolute Gasteiger partial charge is 0.392 e. The molecule has 0 spiro atoms. The third-order valence-electron chi connectivity index (χ3n) is 2.86. The molecule has 0 radical (unpaired) electrons. The van der Waals surface area contributed by atoms with Crippen molar-refractivity contribution in [1.29, 1.82) is 0 Å². The average molecular weight is 261 g/mol. The number of pyridine rings is 1. The van der Waals surface area contributed by atoms with Crippen molar-refractivity contribution in [2.24, 2.45) is 0 Å². The van der Waals surface area contributed by atoms with Gasteiger partial charge in [0.05, 0.1) is 12.2 Å². The van der Waals surface area contributed by atoms with Gasteiger partial charge in [-0.1, -0.05) is 0 Å². The first-order chi connectivity index (χ1) is 8.52. The summed E-state index contributed by atoms with van der Waals surface area (Å²) in [5.74, 6) is 0.437. The monoisotopic (exact) mass is 261 g/mol. The number of piperazine rings is 1. The van der Waals surface area contributed by atoms with Gasteiger partial charge in [0.25, 0.3) is 0 Å². The molecule has 1 saturated heterocycles. The molecule has 2 N–H and O–H groups in total. The van der Waals surface area contributed by atoms with E-state index in [2.05, 4.69) is 10.3 Å². The molecule has 0 aliphatic carbocycles. The summed E-state index contributed by atoms with van der Waals surface area (Å²) >= 11 is 0. The molecule has 7 heteroatoms. The van der Waals surface area contributed by atoms with E-state index >= 15 is 0 Å². The molecule has 2 heterocycles. The first kappa shape index (κ1) is 13.1. The van der Waals surface area contributed by atoms with Crippen molar-refractivity contribution in [3.8, 4) is 0 Å². The molecule has 1 aliphatic heterocycles. The van der Waals surface area contributed by atoms with Gasteiger partial charge < -0.3 is 15.3 Å². The average Bonchev–Trinajstić information content (AvgIpc) is 2.38. The number of rotatable bonds is 2. The third-order valence-corrected chi connectivity index (χ3v) is 2.86. The molecule has 0 unspecified atom stereocenters. The first-order valence-corrected chi connectivity index (χ1v) is 5.65. The number of hydrogen-bond donors (Lipinski definition) is 2. The molecule has 1 aliphatic rings. The molecule has 100 valence electrons. The maximum atomic E-state index is 12.5. The van der Waals surface area contributed by atoms with Crippen molar-refractivity contribution in [2.75, 3.05) is 31.1 Å². The number of halogens is 3. The van der Waals surface area contributed by atoms with Crippen LogP contribution in [0.15, 0.2) is 12.3 Å². The van der Waals surface area contributed by atoms with Gasteiger partial charge in [-0.25, -0.2) is 4.98 Å². The van der Waals surface area contributed by atoms with E-state index in [0.29, 0.717) is 18.9 Å². The first-order valence-electron chi connectivity index (χ1n) is 5.65. The second-order valence-electron chi connectivity index (χ2n) is 4.10. The molecule has 1 aromatic rings. The van der Waals surface area contributed by atoms with Crippen molar-refractivity contribution in [3.63, 3.8) is 0 Å². The summed E-state index contributed by atoms with van der Waals surface area (Å²) in [6.07, 6.45) is -3.62. The van der Waals surface area contributed by atoms with Crippen molar-refractivity contribution in [2.45, 2.75) is 12.8 Å². The number of alkyl halides is 3. The molecule has 0 aromatic carbocycles. The van der Waals surface area contributed by atoms with Gasteiger partial charge in [-0.2, -0.15) is 13.2 Å². The van der Waals surface area contributed by atoms with Gasteiger partial charge in [-0.05, 0) is 6.07 Å². The number of nitrogens with one attached hydrogen (secondary N) is 1. The lowest BCUT2D eigenvalue weighted by Crippen LogP contribution is -2.44. The van der Waals surface area contributed by atoms with E-state index in [4.69, 9.17) is 0 Å². The molecule has 0 saturated carbocycles. The predicted molar refractivity (Wildman–Crippen MR) is 60.2 cm³/mol. The van der Waals surface area contributed by atoms with Gasteiger partial charge >= 0.3 is 6.18 Å². The highest BCUT2D eigenvalue weighted by atomic mass is 19.4. The Balaban J connectivity index is 2.30. The van der Waals surface area contributed by atoms with E-state index in [0.717, 1.165) is 25.4 Å². The lowest BCUT2D eigenvalue weighted by atomic mass is 10.1. The molecular weight excluding hydrogens is 247 g/mol. The molecule has 0 bridgehead atoms. The second-order valence-corrected chi connectivity index (χ2v) is 4.10. The maximum absolute atomic E-state index is 12.5. The van der Waals surface area contributed by atoms with Crippen LogP contribution >= 0.6 is 0 Å². The minimum absolute atomic E-state index is 0.215. The Kier molecular flexibility index (Phi) is 3.72. The summed E-state index contributed by atoms with van der Waals surface area (Å²) in [5, 5.41) is 12.3. The highest BCUT2D eigenvalue weighted by Gasteiger charge is 2.32. The third kappa shape index (κ3) is 2.73. The summed E-state index contributed by atoms with van der Waals surface area (Å²) in [7, 11) is 0. The lowest BCUT2D eigenvalue weighted by molar-refractivity contribution is -0.137. The molecule has 0 amide bonds. The van der Waals surface area contributed by atoms with Gasteiger partial charge in [-0.3, -0.25) is 0 Å². The number of nitrogens with zero attached hydrogens (tertiary/aromatic N) is 2. The Morgan fingerprint density at radius 1 is 1.33 bits per heavy atom.